The summed E-state index contributed by atoms with van der Waals surface area (Å²) in [5.41, 5.74) is 3.64. The summed E-state index contributed by atoms with van der Waals surface area (Å²) in [6.07, 6.45) is 0.803. The molecule has 2 aromatic rings. The Bertz CT molecular complexity index is 574. The molecule has 0 aliphatic heterocycles. The van der Waals surface area contributed by atoms with Gasteiger partial charge in [0.15, 0.2) is 6.29 Å². The average molecular weight is 261 g/mol. The zero-order valence-corrected chi connectivity index (χ0v) is 11.0. The van der Waals surface area contributed by atoms with Gasteiger partial charge < -0.3 is 4.74 Å². The van der Waals surface area contributed by atoms with E-state index in [1.54, 1.807) is 7.11 Å². The van der Waals surface area contributed by atoms with E-state index in [4.69, 9.17) is 16.3 Å². The molecule has 0 bridgehead atoms. The fourth-order valence-electron chi connectivity index (χ4n) is 1.91. The van der Waals surface area contributed by atoms with Crippen molar-refractivity contribution in [3.63, 3.8) is 0 Å². The van der Waals surface area contributed by atoms with Crippen LogP contribution in [0.1, 0.15) is 15.9 Å². The third-order valence-electron chi connectivity index (χ3n) is 2.86. The molecule has 92 valence electrons. The van der Waals surface area contributed by atoms with Crippen LogP contribution in [0.3, 0.4) is 0 Å². The highest BCUT2D eigenvalue weighted by atomic mass is 35.5. The highest BCUT2D eigenvalue weighted by Gasteiger charge is 2.09. The fourth-order valence-corrected chi connectivity index (χ4v) is 2.03. The van der Waals surface area contributed by atoms with Crippen LogP contribution in [-0.4, -0.2) is 13.4 Å². The molecule has 0 spiro atoms. The molecule has 2 aromatic carbocycles. The third-order valence-corrected chi connectivity index (χ3v) is 3.11. The normalized spacial score (nSPS) is 10.2. The predicted molar refractivity (Wildman–Crippen MR) is 73.6 cm³/mol. The minimum Gasteiger partial charge on any atom is -0.496 e. The van der Waals surface area contributed by atoms with Crippen molar-refractivity contribution in [1.29, 1.82) is 0 Å². The van der Waals surface area contributed by atoms with E-state index >= 15 is 0 Å². The van der Waals surface area contributed by atoms with Crippen LogP contribution in [0.2, 0.25) is 5.02 Å². The zero-order valence-electron chi connectivity index (χ0n) is 10.2. The maximum absolute atomic E-state index is 11.0. The predicted octanol–water partition coefficient (Wildman–Crippen LogP) is 4.14. The van der Waals surface area contributed by atoms with Crippen LogP contribution >= 0.6 is 11.6 Å². The average Bonchev–Trinajstić information content (AvgIpc) is 2.39. The van der Waals surface area contributed by atoms with Gasteiger partial charge in [0.05, 0.1) is 12.7 Å². The van der Waals surface area contributed by atoms with Crippen LogP contribution in [0.25, 0.3) is 11.1 Å². The molecule has 2 rings (SSSR count). The van der Waals surface area contributed by atoms with Gasteiger partial charge in [0.2, 0.25) is 0 Å². The van der Waals surface area contributed by atoms with Gasteiger partial charge in [0.25, 0.3) is 0 Å². The molecular formula is C15H13ClO2. The molecule has 0 N–H and O–H groups in total. The number of hydrogen-bond donors (Lipinski definition) is 0. The van der Waals surface area contributed by atoms with Gasteiger partial charge in [-0.05, 0) is 47.9 Å². The van der Waals surface area contributed by atoms with Gasteiger partial charge in [-0.3, -0.25) is 4.79 Å². The van der Waals surface area contributed by atoms with Gasteiger partial charge in [0, 0.05) is 5.02 Å². The second-order valence-electron chi connectivity index (χ2n) is 4.03. The van der Waals surface area contributed by atoms with E-state index in [2.05, 4.69) is 0 Å². The van der Waals surface area contributed by atoms with E-state index in [1.165, 1.54) is 0 Å². The first-order valence-corrected chi connectivity index (χ1v) is 5.93. The minimum atomic E-state index is 0.549. The summed E-state index contributed by atoms with van der Waals surface area (Å²) in [4.78, 5) is 11.0. The van der Waals surface area contributed by atoms with Gasteiger partial charge in [-0.25, -0.2) is 0 Å². The van der Waals surface area contributed by atoms with Gasteiger partial charge in [0.1, 0.15) is 5.75 Å². The molecule has 0 amide bonds. The number of ether oxygens (including phenoxy) is 1. The molecule has 0 saturated heterocycles. The summed E-state index contributed by atoms with van der Waals surface area (Å²) < 4.78 is 5.17. The molecule has 0 heterocycles. The Hall–Kier alpha value is -1.80. The summed E-state index contributed by atoms with van der Waals surface area (Å²) in [6, 6.07) is 11.2. The van der Waals surface area contributed by atoms with Gasteiger partial charge >= 0.3 is 0 Å². The molecule has 0 aromatic heterocycles. The summed E-state index contributed by atoms with van der Waals surface area (Å²) in [6.45, 7) is 1.99. The molecule has 0 fully saturated rings. The van der Waals surface area contributed by atoms with Crippen LogP contribution in [0.15, 0.2) is 36.4 Å². The van der Waals surface area contributed by atoms with Gasteiger partial charge in [-0.2, -0.15) is 0 Å². The van der Waals surface area contributed by atoms with Crippen molar-refractivity contribution in [1.82, 2.24) is 0 Å². The third kappa shape index (κ3) is 2.39. The summed E-state index contributed by atoms with van der Waals surface area (Å²) >= 11 is 5.87. The van der Waals surface area contributed by atoms with Crippen molar-refractivity contribution in [2.45, 2.75) is 6.92 Å². The molecule has 0 aliphatic rings. The number of carbonyl (C=O) groups is 1. The van der Waals surface area contributed by atoms with E-state index in [-0.39, 0.29) is 0 Å². The Morgan fingerprint density at radius 1 is 1.17 bits per heavy atom. The van der Waals surface area contributed by atoms with Crippen LogP contribution in [0, 0.1) is 6.92 Å². The number of carbonyl (C=O) groups excluding carboxylic acids is 1. The molecule has 2 nitrogen and oxygen atoms in total. The van der Waals surface area contributed by atoms with Crippen LogP contribution < -0.4 is 4.74 Å². The lowest BCUT2D eigenvalue weighted by atomic mass is 9.98. The molecule has 3 heteroatoms. The molecule has 0 saturated carbocycles. The van der Waals surface area contributed by atoms with E-state index in [0.717, 1.165) is 23.0 Å². The second-order valence-corrected chi connectivity index (χ2v) is 4.47. The number of aldehydes is 1. The molecule has 0 radical (unpaired) electrons. The Kier molecular flexibility index (Phi) is 3.68. The quantitative estimate of drug-likeness (QED) is 0.776. The Morgan fingerprint density at radius 3 is 2.39 bits per heavy atom. The number of methoxy groups -OCH3 is 1. The molecule has 0 unspecified atom stereocenters. The lowest BCUT2D eigenvalue weighted by molar-refractivity contribution is 0.112. The fraction of sp³-hybridized carbons (Fsp3) is 0.133. The maximum Gasteiger partial charge on any atom is 0.153 e. The molecule has 18 heavy (non-hydrogen) atoms. The first-order valence-electron chi connectivity index (χ1n) is 5.55. The van der Waals surface area contributed by atoms with Gasteiger partial charge in [-0.15, -0.1) is 0 Å². The SMILES string of the molecule is COc1cc(C)c(-c2ccc(Cl)cc2)cc1C=O. The highest BCUT2D eigenvalue weighted by Crippen LogP contribution is 2.30. The van der Waals surface area contributed by atoms with Crippen LogP contribution in [-0.2, 0) is 0 Å². The molecule has 0 aliphatic carbocycles. The number of rotatable bonds is 3. The number of aryl methyl sites for hydroxylation is 1. The largest absolute Gasteiger partial charge is 0.496 e. The van der Waals surface area contributed by atoms with Gasteiger partial charge in [-0.1, -0.05) is 23.7 Å². The van der Waals surface area contributed by atoms with Crippen molar-refractivity contribution < 1.29 is 9.53 Å². The first kappa shape index (κ1) is 12.7. The number of halogens is 1. The Balaban J connectivity index is 2.57. The monoisotopic (exact) mass is 260 g/mol. The van der Waals surface area contributed by atoms with Crippen molar-refractivity contribution >= 4 is 17.9 Å². The lowest BCUT2D eigenvalue weighted by Crippen LogP contribution is -1.94. The van der Waals surface area contributed by atoms with Crippen molar-refractivity contribution in [2.24, 2.45) is 0 Å². The van der Waals surface area contributed by atoms with E-state index < -0.39 is 0 Å². The Labute approximate surface area is 111 Å². The minimum absolute atomic E-state index is 0.549. The van der Waals surface area contributed by atoms with Crippen molar-refractivity contribution in [3.8, 4) is 16.9 Å². The second kappa shape index (κ2) is 5.23. The molecular weight excluding hydrogens is 248 g/mol. The highest BCUT2D eigenvalue weighted by molar-refractivity contribution is 6.30. The topological polar surface area (TPSA) is 26.3 Å². The zero-order chi connectivity index (χ0) is 13.1. The van der Waals surface area contributed by atoms with Crippen LogP contribution in [0.5, 0.6) is 5.75 Å². The summed E-state index contributed by atoms with van der Waals surface area (Å²) in [5.74, 6) is 0.597. The number of benzene rings is 2. The molecule has 0 atom stereocenters. The maximum atomic E-state index is 11.0. The van der Waals surface area contributed by atoms with Crippen LogP contribution in [0.4, 0.5) is 0 Å². The Morgan fingerprint density at radius 2 is 1.83 bits per heavy atom. The van der Waals surface area contributed by atoms with Crippen molar-refractivity contribution in [2.75, 3.05) is 7.11 Å². The lowest BCUT2D eigenvalue weighted by Gasteiger charge is -2.11. The van der Waals surface area contributed by atoms with E-state index in [9.17, 15) is 4.79 Å². The smallest absolute Gasteiger partial charge is 0.153 e. The van der Waals surface area contributed by atoms with E-state index in [1.807, 2.05) is 43.3 Å². The standard InChI is InChI=1S/C15H13ClO2/c1-10-7-15(18-2)12(9-17)8-14(10)11-3-5-13(16)6-4-11/h3-9H,1-2H3. The summed E-state index contributed by atoms with van der Waals surface area (Å²) in [5, 5.41) is 0.695. The summed E-state index contributed by atoms with van der Waals surface area (Å²) in [7, 11) is 1.56. The number of hydrogen-bond acceptors (Lipinski definition) is 2. The van der Waals surface area contributed by atoms with E-state index in [0.29, 0.717) is 16.3 Å². The van der Waals surface area contributed by atoms with Crippen molar-refractivity contribution in [3.05, 3.63) is 52.5 Å². The first-order chi connectivity index (χ1) is 8.65.